The molecule has 0 aliphatic rings. The number of ether oxygens (including phenoxy) is 2. The first kappa shape index (κ1) is 20.1. The predicted molar refractivity (Wildman–Crippen MR) is 114 cm³/mol. The van der Waals surface area contributed by atoms with Crippen LogP contribution in [0.25, 0.3) is 10.9 Å². The van der Waals surface area contributed by atoms with Crippen LogP contribution in [0.15, 0.2) is 72.9 Å². The van der Waals surface area contributed by atoms with Crippen molar-refractivity contribution in [3.63, 3.8) is 0 Å². The van der Waals surface area contributed by atoms with Crippen molar-refractivity contribution >= 4 is 28.3 Å². The number of rotatable bonds is 5. The Morgan fingerprint density at radius 3 is 2.42 bits per heavy atom. The molecule has 0 bridgehead atoms. The van der Waals surface area contributed by atoms with E-state index in [9.17, 15) is 13.6 Å². The van der Waals surface area contributed by atoms with E-state index in [-0.39, 0.29) is 11.4 Å². The Hall–Kier alpha value is -4.20. The second-order valence-corrected chi connectivity index (χ2v) is 6.52. The van der Waals surface area contributed by atoms with E-state index in [2.05, 4.69) is 15.6 Å². The molecule has 2 amide bonds. The van der Waals surface area contributed by atoms with Gasteiger partial charge in [0.1, 0.15) is 28.9 Å². The third kappa shape index (κ3) is 4.69. The van der Waals surface area contributed by atoms with Gasteiger partial charge < -0.3 is 20.1 Å². The lowest BCUT2D eigenvalue weighted by Gasteiger charge is -2.12. The maximum atomic E-state index is 14.5. The summed E-state index contributed by atoms with van der Waals surface area (Å²) in [7, 11) is 1.57. The van der Waals surface area contributed by atoms with E-state index >= 15 is 0 Å². The summed E-state index contributed by atoms with van der Waals surface area (Å²) in [6.45, 7) is 0. The first-order chi connectivity index (χ1) is 15.0. The summed E-state index contributed by atoms with van der Waals surface area (Å²) in [5.41, 5.74) is 1.02. The highest BCUT2D eigenvalue weighted by Gasteiger charge is 2.11. The lowest BCUT2D eigenvalue weighted by molar-refractivity contribution is 0.262. The SMILES string of the molecule is COc1ccc2c(Oc3ccc(NC(=O)Nc4ccc(F)cc4)c(F)c3)ccnc2c1. The first-order valence-electron chi connectivity index (χ1n) is 9.25. The molecule has 6 nitrogen and oxygen atoms in total. The minimum absolute atomic E-state index is 0.0312. The van der Waals surface area contributed by atoms with E-state index < -0.39 is 17.7 Å². The lowest BCUT2D eigenvalue weighted by Crippen LogP contribution is -2.20. The number of fused-ring (bicyclic) bond motifs is 1. The molecular weight excluding hydrogens is 404 g/mol. The molecule has 8 heteroatoms. The minimum Gasteiger partial charge on any atom is -0.497 e. The number of carbonyl (C=O) groups is 1. The molecule has 0 saturated carbocycles. The molecule has 0 atom stereocenters. The standard InChI is InChI=1S/C23H17F2N3O3/c1-30-16-6-8-18-21(13-16)26-11-10-22(18)31-17-7-9-20(19(25)12-17)28-23(29)27-15-4-2-14(24)3-5-15/h2-13H,1H3,(H2,27,28,29). The average Bonchev–Trinajstić information content (AvgIpc) is 2.77. The molecule has 1 aromatic heterocycles. The highest BCUT2D eigenvalue weighted by Crippen LogP contribution is 2.32. The van der Waals surface area contributed by atoms with Gasteiger partial charge >= 0.3 is 6.03 Å². The van der Waals surface area contributed by atoms with E-state index in [4.69, 9.17) is 9.47 Å². The molecule has 2 N–H and O–H groups in total. The molecule has 0 unspecified atom stereocenters. The van der Waals surface area contributed by atoms with Gasteiger partial charge in [0.25, 0.3) is 0 Å². The van der Waals surface area contributed by atoms with E-state index in [0.29, 0.717) is 22.7 Å². The maximum absolute atomic E-state index is 14.5. The van der Waals surface area contributed by atoms with Crippen molar-refractivity contribution in [2.75, 3.05) is 17.7 Å². The van der Waals surface area contributed by atoms with Crippen molar-refractivity contribution in [3.05, 3.63) is 84.6 Å². The number of urea groups is 1. The number of halogens is 2. The molecular formula is C23H17F2N3O3. The molecule has 3 aromatic carbocycles. The molecule has 0 aliphatic heterocycles. The Morgan fingerprint density at radius 2 is 1.68 bits per heavy atom. The smallest absolute Gasteiger partial charge is 0.323 e. The van der Waals surface area contributed by atoms with Gasteiger partial charge in [0.2, 0.25) is 0 Å². The number of nitrogens with zero attached hydrogens (tertiary/aromatic N) is 1. The van der Waals surface area contributed by atoms with E-state index in [1.807, 2.05) is 6.07 Å². The molecule has 0 saturated heterocycles. The molecule has 31 heavy (non-hydrogen) atoms. The van der Waals surface area contributed by atoms with Crippen LogP contribution in [0.4, 0.5) is 25.0 Å². The second-order valence-electron chi connectivity index (χ2n) is 6.52. The molecule has 156 valence electrons. The van der Waals surface area contributed by atoms with Crippen molar-refractivity contribution in [2.45, 2.75) is 0 Å². The number of hydrogen-bond donors (Lipinski definition) is 2. The van der Waals surface area contributed by atoms with Gasteiger partial charge in [-0.15, -0.1) is 0 Å². The van der Waals surface area contributed by atoms with E-state index in [1.54, 1.807) is 31.5 Å². The van der Waals surface area contributed by atoms with E-state index in [1.165, 1.54) is 42.5 Å². The van der Waals surface area contributed by atoms with Crippen molar-refractivity contribution in [2.24, 2.45) is 0 Å². The van der Waals surface area contributed by atoms with Gasteiger partial charge in [-0.2, -0.15) is 0 Å². The van der Waals surface area contributed by atoms with Gasteiger partial charge in [-0.25, -0.2) is 13.6 Å². The van der Waals surface area contributed by atoms with Crippen molar-refractivity contribution < 1.29 is 23.0 Å². The number of hydrogen-bond acceptors (Lipinski definition) is 4. The van der Waals surface area contributed by atoms with Crippen molar-refractivity contribution in [1.29, 1.82) is 0 Å². The fourth-order valence-electron chi connectivity index (χ4n) is 2.92. The van der Waals surface area contributed by atoms with Gasteiger partial charge in [-0.3, -0.25) is 4.98 Å². The number of benzene rings is 3. The number of pyridine rings is 1. The Labute approximate surface area is 176 Å². The zero-order valence-corrected chi connectivity index (χ0v) is 16.4. The summed E-state index contributed by atoms with van der Waals surface area (Å²) in [5, 5.41) is 5.65. The topological polar surface area (TPSA) is 72.5 Å². The van der Waals surface area contributed by atoms with Gasteiger partial charge in [-0.1, -0.05) is 0 Å². The average molecular weight is 421 g/mol. The Bertz CT molecular complexity index is 1250. The van der Waals surface area contributed by atoms with Crippen LogP contribution < -0.4 is 20.1 Å². The third-order valence-corrected chi connectivity index (χ3v) is 4.43. The Balaban J connectivity index is 1.48. The number of carbonyl (C=O) groups excluding carboxylic acids is 1. The summed E-state index contributed by atoms with van der Waals surface area (Å²) >= 11 is 0. The summed E-state index contributed by atoms with van der Waals surface area (Å²) < 4.78 is 38.5. The van der Waals surface area contributed by atoms with Crippen LogP contribution in [0, 0.1) is 11.6 Å². The summed E-state index contributed by atoms with van der Waals surface area (Å²) in [4.78, 5) is 16.3. The van der Waals surface area contributed by atoms with Gasteiger partial charge in [0.15, 0.2) is 0 Å². The largest absolute Gasteiger partial charge is 0.497 e. The zero-order chi connectivity index (χ0) is 21.8. The number of methoxy groups -OCH3 is 1. The monoisotopic (exact) mass is 421 g/mol. The van der Waals surface area contributed by atoms with Crippen LogP contribution in [0.2, 0.25) is 0 Å². The zero-order valence-electron chi connectivity index (χ0n) is 16.4. The fourth-order valence-corrected chi connectivity index (χ4v) is 2.92. The van der Waals surface area contributed by atoms with E-state index in [0.717, 1.165) is 5.39 Å². The minimum atomic E-state index is -0.674. The molecule has 1 heterocycles. The van der Waals surface area contributed by atoms with Gasteiger partial charge in [0, 0.05) is 29.4 Å². The summed E-state index contributed by atoms with van der Waals surface area (Å²) in [5.74, 6) is 0.324. The summed E-state index contributed by atoms with van der Waals surface area (Å²) in [6.07, 6.45) is 1.59. The Morgan fingerprint density at radius 1 is 0.903 bits per heavy atom. The normalized spacial score (nSPS) is 10.5. The highest BCUT2D eigenvalue weighted by molar-refractivity contribution is 5.99. The van der Waals surface area contributed by atoms with Crippen molar-refractivity contribution in [1.82, 2.24) is 4.98 Å². The number of anilines is 2. The van der Waals surface area contributed by atoms with Crippen LogP contribution in [0.5, 0.6) is 17.2 Å². The maximum Gasteiger partial charge on any atom is 0.323 e. The third-order valence-electron chi connectivity index (χ3n) is 4.43. The van der Waals surface area contributed by atoms with Crippen LogP contribution >= 0.6 is 0 Å². The predicted octanol–water partition coefficient (Wildman–Crippen LogP) is 5.96. The highest BCUT2D eigenvalue weighted by atomic mass is 19.1. The number of amides is 2. The van der Waals surface area contributed by atoms with Crippen LogP contribution in [-0.4, -0.2) is 18.1 Å². The fraction of sp³-hybridized carbons (Fsp3) is 0.0435. The van der Waals surface area contributed by atoms with Gasteiger partial charge in [0.05, 0.1) is 18.3 Å². The quantitative estimate of drug-likeness (QED) is 0.417. The lowest BCUT2D eigenvalue weighted by atomic mass is 10.2. The molecule has 0 aliphatic carbocycles. The molecule has 0 spiro atoms. The number of aromatic nitrogens is 1. The van der Waals surface area contributed by atoms with Crippen LogP contribution in [-0.2, 0) is 0 Å². The number of nitrogens with one attached hydrogen (secondary N) is 2. The molecule has 0 fully saturated rings. The summed E-state index contributed by atoms with van der Waals surface area (Å²) in [6, 6.07) is 15.7. The van der Waals surface area contributed by atoms with Crippen LogP contribution in [0.1, 0.15) is 0 Å². The molecule has 4 aromatic rings. The molecule has 4 rings (SSSR count). The molecule has 0 radical (unpaired) electrons. The second kappa shape index (κ2) is 8.66. The van der Waals surface area contributed by atoms with Crippen LogP contribution in [0.3, 0.4) is 0 Å². The Kier molecular flexibility index (Phi) is 5.61. The van der Waals surface area contributed by atoms with Crippen molar-refractivity contribution in [3.8, 4) is 17.2 Å². The van der Waals surface area contributed by atoms with Gasteiger partial charge in [-0.05, 0) is 54.6 Å². The first-order valence-corrected chi connectivity index (χ1v) is 9.25.